The van der Waals surface area contributed by atoms with Crippen molar-refractivity contribution in [2.45, 2.75) is 0 Å². The van der Waals surface area contributed by atoms with Crippen LogP contribution in [0.5, 0.6) is 5.75 Å². The third-order valence-electron chi connectivity index (χ3n) is 3.11. The van der Waals surface area contributed by atoms with Crippen LogP contribution in [0.2, 0.25) is 0 Å². The maximum atomic E-state index is 12.9. The van der Waals surface area contributed by atoms with Crippen LogP contribution in [0, 0.1) is 5.82 Å². The fourth-order valence-electron chi connectivity index (χ4n) is 1.99. The summed E-state index contributed by atoms with van der Waals surface area (Å²) in [7, 11) is 0. The summed E-state index contributed by atoms with van der Waals surface area (Å²) in [6, 6.07) is 15.3. The van der Waals surface area contributed by atoms with Crippen LogP contribution in [0.25, 0.3) is 11.3 Å². The van der Waals surface area contributed by atoms with E-state index in [0.717, 1.165) is 0 Å². The monoisotopic (exact) mass is 297 g/mol. The molecular weight excluding hydrogens is 285 g/mol. The summed E-state index contributed by atoms with van der Waals surface area (Å²) in [4.78, 5) is 12.1. The van der Waals surface area contributed by atoms with Crippen LogP contribution in [0.1, 0.15) is 10.6 Å². The Bertz CT molecular complexity index is 809. The molecule has 0 atom stereocenters. The molecule has 2 aromatic carbocycles. The second kappa shape index (κ2) is 5.73. The van der Waals surface area contributed by atoms with Gasteiger partial charge in [-0.2, -0.15) is 0 Å². The molecule has 1 amide bonds. The second-order valence-corrected chi connectivity index (χ2v) is 4.64. The van der Waals surface area contributed by atoms with Crippen LogP contribution in [0.3, 0.4) is 0 Å². The SMILES string of the molecule is O=C(Nc1ccccc1O)c1ccc(-c2ccc(F)cc2)o1. The minimum Gasteiger partial charge on any atom is -0.506 e. The lowest BCUT2D eigenvalue weighted by molar-refractivity contribution is 0.0997. The van der Waals surface area contributed by atoms with Crippen molar-refractivity contribution in [2.24, 2.45) is 0 Å². The van der Waals surface area contributed by atoms with Gasteiger partial charge in [-0.25, -0.2) is 4.39 Å². The Morgan fingerprint density at radius 1 is 1.00 bits per heavy atom. The molecule has 1 aromatic heterocycles. The summed E-state index contributed by atoms with van der Waals surface area (Å²) < 4.78 is 18.4. The van der Waals surface area contributed by atoms with Crippen molar-refractivity contribution in [3.05, 3.63) is 72.2 Å². The summed E-state index contributed by atoms with van der Waals surface area (Å²) in [5.41, 5.74) is 0.968. The number of anilines is 1. The molecule has 1 heterocycles. The van der Waals surface area contributed by atoms with E-state index in [1.54, 1.807) is 36.4 Å². The van der Waals surface area contributed by atoms with Crippen molar-refractivity contribution in [1.82, 2.24) is 0 Å². The number of benzene rings is 2. The van der Waals surface area contributed by atoms with Gasteiger partial charge in [-0.3, -0.25) is 4.79 Å². The first-order chi connectivity index (χ1) is 10.6. The fraction of sp³-hybridized carbons (Fsp3) is 0. The van der Waals surface area contributed by atoms with Crippen molar-refractivity contribution in [2.75, 3.05) is 5.32 Å². The molecule has 0 aliphatic carbocycles. The number of amides is 1. The first-order valence-electron chi connectivity index (χ1n) is 6.58. The van der Waals surface area contributed by atoms with Gasteiger partial charge in [0, 0.05) is 5.56 Å². The Labute approximate surface area is 125 Å². The average Bonchev–Trinajstić information content (AvgIpc) is 3.00. The molecule has 0 radical (unpaired) electrons. The molecule has 0 fully saturated rings. The lowest BCUT2D eigenvalue weighted by Crippen LogP contribution is -2.10. The number of aromatic hydroxyl groups is 1. The average molecular weight is 297 g/mol. The van der Waals surface area contributed by atoms with Crippen LogP contribution in [-0.2, 0) is 0 Å². The molecule has 0 spiro atoms. The maximum Gasteiger partial charge on any atom is 0.291 e. The molecule has 110 valence electrons. The standard InChI is InChI=1S/C17H12FNO3/c18-12-7-5-11(6-8-12)15-9-10-16(22-15)17(21)19-13-3-1-2-4-14(13)20/h1-10,20H,(H,19,21). The van der Waals surface area contributed by atoms with Gasteiger partial charge in [-0.05, 0) is 48.5 Å². The third-order valence-corrected chi connectivity index (χ3v) is 3.11. The number of carbonyl (C=O) groups excluding carboxylic acids is 1. The van der Waals surface area contributed by atoms with Gasteiger partial charge in [-0.1, -0.05) is 12.1 Å². The van der Waals surface area contributed by atoms with Gasteiger partial charge < -0.3 is 14.8 Å². The predicted octanol–water partition coefficient (Wildman–Crippen LogP) is 4.04. The van der Waals surface area contributed by atoms with Crippen molar-refractivity contribution in [1.29, 1.82) is 0 Å². The highest BCUT2D eigenvalue weighted by Crippen LogP contribution is 2.25. The van der Waals surface area contributed by atoms with E-state index in [2.05, 4.69) is 5.32 Å². The van der Waals surface area contributed by atoms with E-state index in [0.29, 0.717) is 17.0 Å². The van der Waals surface area contributed by atoms with Crippen molar-refractivity contribution < 1.29 is 18.7 Å². The molecule has 0 saturated heterocycles. The zero-order valence-electron chi connectivity index (χ0n) is 11.4. The summed E-state index contributed by atoms with van der Waals surface area (Å²) in [6.45, 7) is 0. The summed E-state index contributed by atoms with van der Waals surface area (Å²) in [6.07, 6.45) is 0. The Balaban J connectivity index is 1.80. The molecule has 3 rings (SSSR count). The zero-order chi connectivity index (χ0) is 15.5. The van der Waals surface area contributed by atoms with E-state index in [4.69, 9.17) is 4.42 Å². The molecule has 0 bridgehead atoms. The minimum absolute atomic E-state index is 0.0267. The summed E-state index contributed by atoms with van der Waals surface area (Å²) in [5.74, 6) is -0.283. The van der Waals surface area contributed by atoms with E-state index in [1.165, 1.54) is 24.3 Å². The number of hydrogen-bond acceptors (Lipinski definition) is 3. The van der Waals surface area contributed by atoms with E-state index >= 15 is 0 Å². The van der Waals surface area contributed by atoms with Gasteiger partial charge >= 0.3 is 0 Å². The topological polar surface area (TPSA) is 62.5 Å². The second-order valence-electron chi connectivity index (χ2n) is 4.64. The predicted molar refractivity (Wildman–Crippen MR) is 80.2 cm³/mol. The molecule has 0 aliphatic rings. The largest absolute Gasteiger partial charge is 0.506 e. The van der Waals surface area contributed by atoms with Crippen molar-refractivity contribution in [3.63, 3.8) is 0 Å². The molecule has 0 aliphatic heterocycles. The Kier molecular flexibility index (Phi) is 3.62. The summed E-state index contributed by atoms with van der Waals surface area (Å²) in [5, 5.41) is 12.2. The highest BCUT2D eigenvalue weighted by Gasteiger charge is 2.13. The van der Waals surface area contributed by atoms with Crippen LogP contribution in [0.4, 0.5) is 10.1 Å². The van der Waals surface area contributed by atoms with Gasteiger partial charge in [0.05, 0.1) is 5.69 Å². The fourth-order valence-corrected chi connectivity index (χ4v) is 1.99. The minimum atomic E-state index is -0.477. The van der Waals surface area contributed by atoms with Gasteiger partial charge in [0.2, 0.25) is 0 Å². The number of phenols is 1. The molecule has 2 N–H and O–H groups in total. The third kappa shape index (κ3) is 2.83. The number of halogens is 1. The number of para-hydroxylation sites is 2. The lowest BCUT2D eigenvalue weighted by atomic mass is 10.2. The van der Waals surface area contributed by atoms with Gasteiger partial charge in [0.15, 0.2) is 5.76 Å². The molecular formula is C17H12FNO3. The molecule has 4 nitrogen and oxygen atoms in total. The van der Waals surface area contributed by atoms with Crippen LogP contribution in [-0.4, -0.2) is 11.0 Å². The first-order valence-corrected chi connectivity index (χ1v) is 6.58. The van der Waals surface area contributed by atoms with E-state index in [1.807, 2.05) is 0 Å². The number of hydrogen-bond donors (Lipinski definition) is 2. The van der Waals surface area contributed by atoms with Gasteiger partial charge in [0.1, 0.15) is 17.3 Å². The van der Waals surface area contributed by atoms with Crippen molar-refractivity contribution in [3.8, 4) is 17.1 Å². The molecule has 5 heteroatoms. The lowest BCUT2D eigenvalue weighted by Gasteiger charge is -2.05. The zero-order valence-corrected chi connectivity index (χ0v) is 11.4. The molecule has 0 saturated carbocycles. The van der Waals surface area contributed by atoms with E-state index < -0.39 is 5.91 Å². The van der Waals surface area contributed by atoms with E-state index in [9.17, 15) is 14.3 Å². The normalized spacial score (nSPS) is 10.4. The molecule has 22 heavy (non-hydrogen) atoms. The van der Waals surface area contributed by atoms with Crippen LogP contribution >= 0.6 is 0 Å². The number of phenolic OH excluding ortho intramolecular Hbond substituents is 1. The number of nitrogens with one attached hydrogen (secondary N) is 1. The highest BCUT2D eigenvalue weighted by molar-refractivity contribution is 6.03. The number of carbonyl (C=O) groups is 1. The molecule has 0 unspecified atom stereocenters. The maximum absolute atomic E-state index is 12.9. The van der Waals surface area contributed by atoms with E-state index in [-0.39, 0.29) is 17.3 Å². The van der Waals surface area contributed by atoms with Crippen LogP contribution < -0.4 is 5.32 Å². The quantitative estimate of drug-likeness (QED) is 0.717. The Morgan fingerprint density at radius 3 is 2.45 bits per heavy atom. The number of furan rings is 1. The smallest absolute Gasteiger partial charge is 0.291 e. The highest BCUT2D eigenvalue weighted by atomic mass is 19.1. The molecule has 3 aromatic rings. The van der Waals surface area contributed by atoms with Gasteiger partial charge in [0.25, 0.3) is 5.91 Å². The Morgan fingerprint density at radius 2 is 1.73 bits per heavy atom. The summed E-state index contributed by atoms with van der Waals surface area (Å²) >= 11 is 0. The first kappa shape index (κ1) is 13.9. The van der Waals surface area contributed by atoms with Crippen molar-refractivity contribution >= 4 is 11.6 Å². The van der Waals surface area contributed by atoms with Gasteiger partial charge in [-0.15, -0.1) is 0 Å². The Hall–Kier alpha value is -3.08. The van der Waals surface area contributed by atoms with Crippen LogP contribution in [0.15, 0.2) is 65.1 Å². The number of rotatable bonds is 3.